The molecule has 1 fully saturated rings. The molecule has 9 nitrogen and oxygen atoms in total. The Morgan fingerprint density at radius 3 is 2.38 bits per heavy atom. The molecule has 174 valence electrons. The lowest BCUT2D eigenvalue weighted by atomic mass is 10.1. The molecule has 0 atom stereocenters. The number of carboxylic acids is 1. The molecule has 0 aliphatic carbocycles. The molecule has 3 rings (SSSR count). The summed E-state index contributed by atoms with van der Waals surface area (Å²) in [6.45, 7) is 6.28. The Labute approximate surface area is 188 Å². The van der Waals surface area contributed by atoms with Crippen molar-refractivity contribution in [1.82, 2.24) is 4.90 Å². The van der Waals surface area contributed by atoms with Gasteiger partial charge in [0.2, 0.25) is 0 Å². The van der Waals surface area contributed by atoms with Crippen LogP contribution in [0, 0.1) is 0 Å². The number of nitrogens with zero attached hydrogens (tertiary/aromatic N) is 2. The van der Waals surface area contributed by atoms with Crippen molar-refractivity contribution in [2.24, 2.45) is 0 Å². The van der Waals surface area contributed by atoms with Gasteiger partial charge in [-0.15, -0.1) is 0 Å². The minimum atomic E-state index is -4.10. The van der Waals surface area contributed by atoms with E-state index in [4.69, 9.17) is 9.47 Å². The van der Waals surface area contributed by atoms with Crippen molar-refractivity contribution in [1.29, 1.82) is 0 Å². The van der Waals surface area contributed by atoms with Crippen LogP contribution in [0.1, 0.15) is 23.7 Å². The average Bonchev–Trinajstić information content (AvgIpc) is 2.79. The van der Waals surface area contributed by atoms with E-state index in [1.165, 1.54) is 38.5 Å². The van der Waals surface area contributed by atoms with Crippen LogP contribution in [-0.2, 0) is 10.0 Å². The quantitative estimate of drug-likeness (QED) is 0.584. The van der Waals surface area contributed by atoms with Crippen LogP contribution < -0.4 is 19.1 Å². The number of benzene rings is 2. The zero-order chi connectivity index (χ0) is 23.3. The lowest BCUT2D eigenvalue weighted by Crippen LogP contribution is -2.46. The first kappa shape index (κ1) is 23.7. The monoisotopic (exact) mass is 463 g/mol. The zero-order valence-electron chi connectivity index (χ0n) is 18.5. The minimum Gasteiger partial charge on any atom is -0.497 e. The smallest absolute Gasteiger partial charge is 0.335 e. The summed E-state index contributed by atoms with van der Waals surface area (Å²) in [5, 5.41) is 9.44. The second-order valence-corrected chi connectivity index (χ2v) is 9.14. The SMILES string of the molecule is CCCN1CCN(c2ccc(C(=O)O)cc2NS(=O)(=O)c2cc(OC)ccc2OC)CC1. The highest BCUT2D eigenvalue weighted by Crippen LogP contribution is 2.34. The van der Waals surface area contributed by atoms with Gasteiger partial charge in [0.05, 0.1) is 31.2 Å². The van der Waals surface area contributed by atoms with E-state index in [1.807, 2.05) is 0 Å². The van der Waals surface area contributed by atoms with E-state index >= 15 is 0 Å². The molecule has 1 aliphatic rings. The maximum Gasteiger partial charge on any atom is 0.335 e. The third-order valence-electron chi connectivity index (χ3n) is 5.40. The van der Waals surface area contributed by atoms with Crippen molar-refractivity contribution in [2.75, 3.05) is 56.6 Å². The Morgan fingerprint density at radius 2 is 1.78 bits per heavy atom. The summed E-state index contributed by atoms with van der Waals surface area (Å²) in [5.41, 5.74) is 0.837. The first-order valence-electron chi connectivity index (χ1n) is 10.4. The van der Waals surface area contributed by atoms with Crippen molar-refractivity contribution in [3.05, 3.63) is 42.0 Å². The Hall–Kier alpha value is -2.98. The van der Waals surface area contributed by atoms with Crippen LogP contribution in [0.2, 0.25) is 0 Å². The number of anilines is 2. The lowest BCUT2D eigenvalue weighted by molar-refractivity contribution is 0.0697. The third kappa shape index (κ3) is 5.25. The van der Waals surface area contributed by atoms with E-state index in [0.717, 1.165) is 26.1 Å². The number of hydrogen-bond donors (Lipinski definition) is 2. The summed E-state index contributed by atoms with van der Waals surface area (Å²) < 4.78 is 39.5. The molecular weight excluding hydrogens is 434 g/mol. The van der Waals surface area contributed by atoms with E-state index in [0.29, 0.717) is 24.5 Å². The normalized spacial score (nSPS) is 14.8. The Balaban J connectivity index is 1.97. The number of carboxylic acid groups (broad SMARTS) is 1. The number of methoxy groups -OCH3 is 2. The van der Waals surface area contributed by atoms with Gasteiger partial charge in [-0.2, -0.15) is 0 Å². The van der Waals surface area contributed by atoms with Gasteiger partial charge in [-0.25, -0.2) is 13.2 Å². The lowest BCUT2D eigenvalue weighted by Gasteiger charge is -2.37. The molecule has 0 aromatic heterocycles. The van der Waals surface area contributed by atoms with Crippen molar-refractivity contribution in [3.8, 4) is 11.5 Å². The predicted molar refractivity (Wildman–Crippen MR) is 123 cm³/mol. The number of rotatable bonds is 9. The van der Waals surface area contributed by atoms with Gasteiger partial charge in [-0.1, -0.05) is 6.92 Å². The molecule has 0 amide bonds. The summed E-state index contributed by atoms with van der Waals surface area (Å²) in [6.07, 6.45) is 1.07. The molecule has 0 unspecified atom stereocenters. The number of ether oxygens (including phenoxy) is 2. The first-order valence-corrected chi connectivity index (χ1v) is 11.9. The van der Waals surface area contributed by atoms with Gasteiger partial charge in [-0.05, 0) is 43.3 Å². The van der Waals surface area contributed by atoms with E-state index in [9.17, 15) is 18.3 Å². The van der Waals surface area contributed by atoms with Crippen molar-refractivity contribution in [3.63, 3.8) is 0 Å². The zero-order valence-corrected chi connectivity index (χ0v) is 19.3. The molecule has 1 saturated heterocycles. The fourth-order valence-electron chi connectivity index (χ4n) is 3.75. The Morgan fingerprint density at radius 1 is 1.06 bits per heavy atom. The Bertz CT molecular complexity index is 1070. The number of piperazine rings is 1. The van der Waals surface area contributed by atoms with Gasteiger partial charge in [0, 0.05) is 32.2 Å². The summed E-state index contributed by atoms with van der Waals surface area (Å²) in [6, 6.07) is 8.96. The van der Waals surface area contributed by atoms with Gasteiger partial charge in [0.1, 0.15) is 16.4 Å². The summed E-state index contributed by atoms with van der Waals surface area (Å²) in [5.74, 6) is -0.621. The molecule has 10 heteroatoms. The highest BCUT2D eigenvalue weighted by molar-refractivity contribution is 7.92. The van der Waals surface area contributed by atoms with Crippen LogP contribution in [0.3, 0.4) is 0 Å². The molecule has 0 radical (unpaired) electrons. The fourth-order valence-corrected chi connectivity index (χ4v) is 5.00. The number of carbonyl (C=O) groups is 1. The molecular formula is C22H29N3O6S. The average molecular weight is 464 g/mol. The van der Waals surface area contributed by atoms with Crippen LogP contribution in [-0.4, -0.2) is 71.3 Å². The van der Waals surface area contributed by atoms with Crippen LogP contribution in [0.25, 0.3) is 0 Å². The second kappa shape index (κ2) is 10.1. The van der Waals surface area contributed by atoms with Crippen molar-refractivity contribution < 1.29 is 27.8 Å². The van der Waals surface area contributed by atoms with Gasteiger partial charge in [-0.3, -0.25) is 9.62 Å². The van der Waals surface area contributed by atoms with Crippen LogP contribution >= 0.6 is 0 Å². The molecule has 1 aliphatic heterocycles. The molecule has 0 saturated carbocycles. The Kier molecular flexibility index (Phi) is 7.47. The van der Waals surface area contributed by atoms with Gasteiger partial charge >= 0.3 is 5.97 Å². The summed E-state index contributed by atoms with van der Waals surface area (Å²) in [7, 11) is -1.27. The molecule has 2 aromatic rings. The highest BCUT2D eigenvalue weighted by atomic mass is 32.2. The molecule has 2 N–H and O–H groups in total. The van der Waals surface area contributed by atoms with Crippen molar-refractivity contribution in [2.45, 2.75) is 18.2 Å². The largest absolute Gasteiger partial charge is 0.497 e. The summed E-state index contributed by atoms with van der Waals surface area (Å²) in [4.78, 5) is 15.9. The highest BCUT2D eigenvalue weighted by Gasteiger charge is 2.25. The molecule has 1 heterocycles. The molecule has 0 spiro atoms. The van der Waals surface area contributed by atoms with Crippen LogP contribution in [0.4, 0.5) is 11.4 Å². The van der Waals surface area contributed by atoms with E-state index in [-0.39, 0.29) is 21.9 Å². The number of aromatic carboxylic acids is 1. The number of nitrogens with one attached hydrogen (secondary N) is 1. The maximum absolute atomic E-state index is 13.3. The van der Waals surface area contributed by atoms with Crippen LogP contribution in [0.5, 0.6) is 11.5 Å². The number of hydrogen-bond acceptors (Lipinski definition) is 7. The summed E-state index contributed by atoms with van der Waals surface area (Å²) >= 11 is 0. The second-order valence-electron chi connectivity index (χ2n) is 7.49. The first-order chi connectivity index (χ1) is 15.3. The standard InChI is InChI=1S/C22H29N3O6S/c1-4-9-24-10-12-25(13-11-24)19-7-5-16(22(26)27)14-18(19)23-32(28,29)21-15-17(30-2)6-8-20(21)31-3/h5-8,14-15,23H,4,9-13H2,1-3H3,(H,26,27). The minimum absolute atomic E-state index is 0.00586. The predicted octanol–water partition coefficient (Wildman–Crippen LogP) is 2.73. The topological polar surface area (TPSA) is 108 Å². The van der Waals surface area contributed by atoms with E-state index in [1.54, 1.807) is 12.1 Å². The van der Waals surface area contributed by atoms with Gasteiger partial charge in [0.25, 0.3) is 10.0 Å². The van der Waals surface area contributed by atoms with Gasteiger partial charge in [0.15, 0.2) is 0 Å². The maximum atomic E-state index is 13.3. The number of sulfonamides is 1. The third-order valence-corrected chi connectivity index (χ3v) is 6.79. The fraction of sp³-hybridized carbons (Fsp3) is 0.409. The van der Waals surface area contributed by atoms with Gasteiger partial charge < -0.3 is 19.5 Å². The van der Waals surface area contributed by atoms with E-state index < -0.39 is 16.0 Å². The van der Waals surface area contributed by atoms with Crippen molar-refractivity contribution >= 4 is 27.4 Å². The van der Waals surface area contributed by atoms with Crippen LogP contribution in [0.15, 0.2) is 41.3 Å². The molecule has 32 heavy (non-hydrogen) atoms. The van der Waals surface area contributed by atoms with E-state index in [2.05, 4.69) is 21.4 Å². The molecule has 0 bridgehead atoms. The molecule has 2 aromatic carbocycles.